The van der Waals surface area contributed by atoms with Crippen molar-refractivity contribution in [1.82, 2.24) is 4.90 Å². The van der Waals surface area contributed by atoms with E-state index in [0.29, 0.717) is 19.5 Å². The minimum Gasteiger partial charge on any atom is -0.480 e. The fourth-order valence-electron chi connectivity index (χ4n) is 2.69. The Bertz CT molecular complexity index is 387. The van der Waals surface area contributed by atoms with Gasteiger partial charge in [-0.3, -0.25) is 4.79 Å². The van der Waals surface area contributed by atoms with Crippen LogP contribution in [0.5, 0.6) is 0 Å². The van der Waals surface area contributed by atoms with Gasteiger partial charge in [-0.05, 0) is 38.5 Å². The number of amides is 1. The second-order valence-electron chi connectivity index (χ2n) is 7.15. The van der Waals surface area contributed by atoms with Crippen LogP contribution >= 0.6 is 0 Å². The summed E-state index contributed by atoms with van der Waals surface area (Å²) in [5.41, 5.74) is 4.87. The molecule has 0 bridgehead atoms. The molecule has 0 spiro atoms. The largest absolute Gasteiger partial charge is 0.480 e. The van der Waals surface area contributed by atoms with Gasteiger partial charge in [0.2, 0.25) is 0 Å². The number of nitrogens with zero attached hydrogens (tertiary/aromatic N) is 1. The first kappa shape index (κ1) is 16.8. The summed E-state index contributed by atoms with van der Waals surface area (Å²) < 4.78 is 5.35. The molecule has 116 valence electrons. The van der Waals surface area contributed by atoms with E-state index in [9.17, 15) is 9.59 Å². The first-order chi connectivity index (χ1) is 8.94. The van der Waals surface area contributed by atoms with Gasteiger partial charge >= 0.3 is 12.1 Å². The molecule has 1 unspecified atom stereocenters. The summed E-state index contributed by atoms with van der Waals surface area (Å²) in [5, 5.41) is 9.06. The molecule has 2 atom stereocenters. The zero-order valence-corrected chi connectivity index (χ0v) is 13.0. The van der Waals surface area contributed by atoms with Gasteiger partial charge in [0.1, 0.15) is 11.6 Å². The highest BCUT2D eigenvalue weighted by Crippen LogP contribution is 2.37. The molecule has 1 aliphatic heterocycles. The van der Waals surface area contributed by atoms with Gasteiger partial charge in [0, 0.05) is 13.1 Å². The fourth-order valence-corrected chi connectivity index (χ4v) is 2.69. The number of nitrogens with two attached hydrogens (primary N) is 1. The van der Waals surface area contributed by atoms with E-state index < -0.39 is 17.6 Å². The molecule has 6 heteroatoms. The number of ether oxygens (including phenoxy) is 1. The molecule has 0 aromatic heterocycles. The molecule has 0 aromatic rings. The van der Waals surface area contributed by atoms with Crippen LogP contribution in [0, 0.1) is 11.3 Å². The summed E-state index contributed by atoms with van der Waals surface area (Å²) in [6, 6.07) is -0.897. The highest BCUT2D eigenvalue weighted by Gasteiger charge is 2.43. The number of carbonyl (C=O) groups excluding carboxylic acids is 1. The lowest BCUT2D eigenvalue weighted by atomic mass is 9.70. The van der Waals surface area contributed by atoms with E-state index in [1.165, 1.54) is 0 Å². The van der Waals surface area contributed by atoms with Crippen molar-refractivity contribution in [2.75, 3.05) is 13.1 Å². The zero-order valence-electron chi connectivity index (χ0n) is 13.0. The number of carboxylic acid groups (broad SMARTS) is 1. The van der Waals surface area contributed by atoms with E-state index in [4.69, 9.17) is 15.6 Å². The van der Waals surface area contributed by atoms with Gasteiger partial charge in [-0.25, -0.2) is 4.79 Å². The van der Waals surface area contributed by atoms with Crippen molar-refractivity contribution in [1.29, 1.82) is 0 Å². The molecule has 0 aliphatic carbocycles. The molecule has 1 amide bonds. The van der Waals surface area contributed by atoms with Crippen LogP contribution in [0.4, 0.5) is 4.79 Å². The molecule has 1 fully saturated rings. The van der Waals surface area contributed by atoms with Crippen molar-refractivity contribution in [2.45, 2.75) is 52.7 Å². The first-order valence-electron chi connectivity index (χ1n) is 6.90. The topological polar surface area (TPSA) is 92.9 Å². The highest BCUT2D eigenvalue weighted by atomic mass is 16.6. The van der Waals surface area contributed by atoms with Crippen molar-refractivity contribution >= 4 is 12.1 Å². The molecule has 20 heavy (non-hydrogen) atoms. The Morgan fingerprint density at radius 3 is 2.35 bits per heavy atom. The molecular weight excluding hydrogens is 260 g/mol. The van der Waals surface area contributed by atoms with Crippen molar-refractivity contribution in [3.8, 4) is 0 Å². The second-order valence-corrected chi connectivity index (χ2v) is 7.15. The molecule has 1 heterocycles. The number of carboxylic acids is 1. The third kappa shape index (κ3) is 4.10. The highest BCUT2D eigenvalue weighted by molar-refractivity contribution is 5.74. The molecule has 1 rings (SSSR count). The summed E-state index contributed by atoms with van der Waals surface area (Å²) in [7, 11) is 0. The summed E-state index contributed by atoms with van der Waals surface area (Å²) >= 11 is 0. The van der Waals surface area contributed by atoms with Gasteiger partial charge in [0.05, 0.1) is 0 Å². The van der Waals surface area contributed by atoms with Crippen LogP contribution in [-0.2, 0) is 9.53 Å². The van der Waals surface area contributed by atoms with Gasteiger partial charge in [0.15, 0.2) is 0 Å². The van der Waals surface area contributed by atoms with Crippen LogP contribution in [0.2, 0.25) is 0 Å². The van der Waals surface area contributed by atoms with Gasteiger partial charge in [-0.2, -0.15) is 0 Å². The average Bonchev–Trinajstić information content (AvgIpc) is 2.24. The van der Waals surface area contributed by atoms with Crippen LogP contribution in [0.1, 0.15) is 41.0 Å². The maximum absolute atomic E-state index is 12.1. The molecule has 1 aliphatic rings. The van der Waals surface area contributed by atoms with Crippen LogP contribution in [-0.4, -0.2) is 46.8 Å². The van der Waals surface area contributed by atoms with Crippen LogP contribution in [0.15, 0.2) is 0 Å². The standard InChI is InChI=1S/C14H26N2O4/c1-13(2,3)20-12(19)16-7-6-9(10(15)11(17)18)14(4,5)8-16/h9-10H,6-8,15H2,1-5H3,(H,17,18)/t9?,10-/m1/s1. The fraction of sp³-hybridized carbons (Fsp3) is 0.857. The van der Waals surface area contributed by atoms with Gasteiger partial charge in [-0.1, -0.05) is 13.8 Å². The second kappa shape index (κ2) is 5.60. The third-order valence-corrected chi connectivity index (χ3v) is 3.68. The van der Waals surface area contributed by atoms with Gasteiger partial charge in [-0.15, -0.1) is 0 Å². The number of aliphatic carboxylic acids is 1. The average molecular weight is 286 g/mol. The summed E-state index contributed by atoms with van der Waals surface area (Å²) in [5.74, 6) is -1.15. The van der Waals surface area contributed by atoms with Gasteiger partial charge in [0.25, 0.3) is 0 Å². The maximum Gasteiger partial charge on any atom is 0.410 e. The maximum atomic E-state index is 12.1. The number of rotatable bonds is 2. The lowest BCUT2D eigenvalue weighted by molar-refractivity contribution is -0.142. The first-order valence-corrected chi connectivity index (χ1v) is 6.90. The molecule has 0 radical (unpaired) electrons. The van der Waals surface area contributed by atoms with Crippen LogP contribution < -0.4 is 5.73 Å². The molecule has 0 aromatic carbocycles. The smallest absolute Gasteiger partial charge is 0.410 e. The third-order valence-electron chi connectivity index (χ3n) is 3.68. The molecule has 1 saturated heterocycles. The minimum atomic E-state index is -0.992. The summed E-state index contributed by atoms with van der Waals surface area (Å²) in [6.07, 6.45) is 0.215. The predicted octanol–water partition coefficient (Wildman–Crippen LogP) is 1.68. The molecule has 3 N–H and O–H groups in total. The summed E-state index contributed by atoms with van der Waals surface area (Å²) in [4.78, 5) is 24.8. The Balaban J connectivity index is 2.74. The van der Waals surface area contributed by atoms with E-state index in [-0.39, 0.29) is 17.4 Å². The van der Waals surface area contributed by atoms with Crippen molar-refractivity contribution in [3.63, 3.8) is 0 Å². The Morgan fingerprint density at radius 1 is 1.40 bits per heavy atom. The zero-order chi connectivity index (χ0) is 15.7. The Hall–Kier alpha value is -1.30. The van der Waals surface area contributed by atoms with Crippen molar-refractivity contribution < 1.29 is 19.4 Å². The minimum absolute atomic E-state index is 0.154. The number of hydrogen-bond donors (Lipinski definition) is 2. The Morgan fingerprint density at radius 2 is 1.95 bits per heavy atom. The molecular formula is C14H26N2O4. The SMILES string of the molecule is CC(C)(C)OC(=O)N1CCC([C@@H](N)C(=O)O)C(C)(C)C1. The number of piperidine rings is 1. The van der Waals surface area contributed by atoms with Crippen LogP contribution in [0.25, 0.3) is 0 Å². The van der Waals surface area contributed by atoms with Crippen molar-refractivity contribution in [2.24, 2.45) is 17.1 Å². The quantitative estimate of drug-likeness (QED) is 0.805. The van der Waals surface area contributed by atoms with E-state index in [1.54, 1.807) is 4.90 Å². The van der Waals surface area contributed by atoms with E-state index >= 15 is 0 Å². The number of likely N-dealkylation sites (tertiary alicyclic amines) is 1. The number of hydrogen-bond acceptors (Lipinski definition) is 4. The van der Waals surface area contributed by atoms with Crippen LogP contribution in [0.3, 0.4) is 0 Å². The van der Waals surface area contributed by atoms with Gasteiger partial charge < -0.3 is 20.5 Å². The Kier molecular flexibility index (Phi) is 4.69. The lowest BCUT2D eigenvalue weighted by Crippen LogP contribution is -2.55. The predicted molar refractivity (Wildman–Crippen MR) is 75.3 cm³/mol. The van der Waals surface area contributed by atoms with E-state index in [2.05, 4.69) is 0 Å². The number of carbonyl (C=O) groups is 2. The summed E-state index contributed by atoms with van der Waals surface area (Å²) in [6.45, 7) is 10.3. The van der Waals surface area contributed by atoms with E-state index in [0.717, 1.165) is 0 Å². The van der Waals surface area contributed by atoms with E-state index in [1.807, 2.05) is 34.6 Å². The molecule has 0 saturated carbocycles. The monoisotopic (exact) mass is 286 g/mol. The van der Waals surface area contributed by atoms with Crippen molar-refractivity contribution in [3.05, 3.63) is 0 Å². The lowest BCUT2D eigenvalue weighted by Gasteiger charge is -2.45. The molecule has 6 nitrogen and oxygen atoms in total. The Labute approximate surface area is 120 Å². The normalized spacial score (nSPS) is 24.1.